The van der Waals surface area contributed by atoms with Crippen molar-refractivity contribution in [2.24, 2.45) is 0 Å². The van der Waals surface area contributed by atoms with Crippen molar-refractivity contribution in [2.45, 2.75) is 84.2 Å². The lowest BCUT2D eigenvalue weighted by Crippen LogP contribution is -2.35. The van der Waals surface area contributed by atoms with Crippen LogP contribution in [0.4, 0.5) is 0 Å². The first-order valence-corrected chi connectivity index (χ1v) is 6.96. The van der Waals surface area contributed by atoms with E-state index in [2.05, 4.69) is 32.0 Å². The van der Waals surface area contributed by atoms with Crippen molar-refractivity contribution in [3.63, 3.8) is 0 Å². The molecule has 0 aromatic rings. The summed E-state index contributed by atoms with van der Waals surface area (Å²) < 4.78 is 0. The van der Waals surface area contributed by atoms with E-state index in [1.165, 1.54) is 51.4 Å². The van der Waals surface area contributed by atoms with E-state index in [9.17, 15) is 0 Å². The van der Waals surface area contributed by atoms with Crippen LogP contribution in [0.3, 0.4) is 0 Å². The first-order valence-electron chi connectivity index (χ1n) is 6.96. The molecule has 0 aromatic carbocycles. The minimum Gasteiger partial charge on any atom is -0.301 e. The van der Waals surface area contributed by atoms with Crippen molar-refractivity contribution in [3.8, 4) is 12.3 Å². The largest absolute Gasteiger partial charge is 0.301 e. The van der Waals surface area contributed by atoms with Gasteiger partial charge in [0, 0.05) is 6.04 Å². The van der Waals surface area contributed by atoms with Crippen molar-refractivity contribution >= 4 is 0 Å². The molecule has 0 fully saturated rings. The van der Waals surface area contributed by atoms with Gasteiger partial charge in [0.15, 0.2) is 0 Å². The summed E-state index contributed by atoms with van der Waals surface area (Å²) in [5, 5.41) is 3.55. The van der Waals surface area contributed by atoms with E-state index in [0.29, 0.717) is 6.04 Å². The molecular weight excluding hydrogens is 194 g/mol. The van der Waals surface area contributed by atoms with Gasteiger partial charge in [-0.25, -0.2) is 0 Å². The molecule has 1 heteroatoms. The van der Waals surface area contributed by atoms with Crippen LogP contribution in [-0.2, 0) is 0 Å². The summed E-state index contributed by atoms with van der Waals surface area (Å²) in [6, 6.07) is 0.845. The fourth-order valence-electron chi connectivity index (χ4n) is 1.99. The predicted molar refractivity (Wildman–Crippen MR) is 73.5 cm³/mol. The van der Waals surface area contributed by atoms with Crippen LogP contribution >= 0.6 is 0 Å². The van der Waals surface area contributed by atoms with Gasteiger partial charge in [-0.15, -0.1) is 6.42 Å². The molecule has 0 bridgehead atoms. The monoisotopic (exact) mass is 223 g/mol. The Kier molecular flexibility index (Phi) is 10.7. The molecule has 16 heavy (non-hydrogen) atoms. The van der Waals surface area contributed by atoms with Crippen molar-refractivity contribution < 1.29 is 0 Å². The average molecular weight is 223 g/mol. The standard InChI is InChI=1S/C15H29N/c1-5-8-10-12-15(13-11-9-6-2)16-14(4)7-3/h3,14-16H,5-6,8-13H2,1-2,4H3. The Morgan fingerprint density at radius 1 is 1.00 bits per heavy atom. The molecule has 1 nitrogen and oxygen atoms in total. The Labute approximate surface area is 102 Å². The molecule has 1 N–H and O–H groups in total. The van der Waals surface area contributed by atoms with Gasteiger partial charge in [-0.2, -0.15) is 0 Å². The van der Waals surface area contributed by atoms with Crippen LogP contribution in [0.5, 0.6) is 0 Å². The molecular formula is C15H29N. The maximum Gasteiger partial charge on any atom is 0.0660 e. The fraction of sp³-hybridized carbons (Fsp3) is 0.867. The van der Waals surface area contributed by atoms with Gasteiger partial charge in [0.25, 0.3) is 0 Å². The topological polar surface area (TPSA) is 12.0 Å². The molecule has 94 valence electrons. The molecule has 0 amide bonds. The summed E-state index contributed by atoms with van der Waals surface area (Å²) in [6.07, 6.45) is 15.9. The van der Waals surface area contributed by atoms with E-state index in [1.54, 1.807) is 0 Å². The zero-order valence-corrected chi connectivity index (χ0v) is 11.4. The molecule has 0 spiro atoms. The minimum absolute atomic E-state index is 0.216. The normalized spacial score (nSPS) is 12.7. The summed E-state index contributed by atoms with van der Waals surface area (Å²) in [7, 11) is 0. The van der Waals surface area contributed by atoms with Gasteiger partial charge in [0.1, 0.15) is 0 Å². The second-order valence-corrected chi connectivity index (χ2v) is 4.74. The van der Waals surface area contributed by atoms with Crippen molar-refractivity contribution in [1.29, 1.82) is 0 Å². The van der Waals surface area contributed by atoms with Crippen molar-refractivity contribution in [3.05, 3.63) is 0 Å². The van der Waals surface area contributed by atoms with Gasteiger partial charge < -0.3 is 5.32 Å². The smallest absolute Gasteiger partial charge is 0.0660 e. The molecule has 0 saturated carbocycles. The number of terminal acetylenes is 1. The van der Waals surface area contributed by atoms with Crippen LogP contribution in [0.15, 0.2) is 0 Å². The van der Waals surface area contributed by atoms with Gasteiger partial charge in [0.2, 0.25) is 0 Å². The molecule has 0 saturated heterocycles. The van der Waals surface area contributed by atoms with Crippen LogP contribution in [0.1, 0.15) is 72.1 Å². The van der Waals surface area contributed by atoms with Crippen LogP contribution in [0.25, 0.3) is 0 Å². The van der Waals surface area contributed by atoms with E-state index in [4.69, 9.17) is 6.42 Å². The predicted octanol–water partition coefficient (Wildman–Crippen LogP) is 4.13. The molecule has 1 unspecified atom stereocenters. The Balaban J connectivity index is 3.81. The molecule has 1 atom stereocenters. The number of nitrogens with one attached hydrogen (secondary N) is 1. The zero-order chi connectivity index (χ0) is 12.2. The average Bonchev–Trinajstić information content (AvgIpc) is 2.29. The number of rotatable bonds is 10. The minimum atomic E-state index is 0.216. The third-order valence-corrected chi connectivity index (χ3v) is 3.05. The van der Waals surface area contributed by atoms with Gasteiger partial charge in [-0.3, -0.25) is 0 Å². The molecule has 0 aliphatic carbocycles. The maximum atomic E-state index is 5.42. The highest BCUT2D eigenvalue weighted by Crippen LogP contribution is 2.11. The summed E-state index contributed by atoms with van der Waals surface area (Å²) in [6.45, 7) is 6.58. The van der Waals surface area contributed by atoms with Gasteiger partial charge in [-0.1, -0.05) is 58.3 Å². The van der Waals surface area contributed by atoms with Gasteiger partial charge in [0.05, 0.1) is 6.04 Å². The second kappa shape index (κ2) is 11.0. The summed E-state index contributed by atoms with van der Waals surface area (Å²) in [5.74, 6) is 2.77. The molecule has 0 rings (SSSR count). The molecule has 0 heterocycles. The number of hydrogen-bond donors (Lipinski definition) is 1. The first kappa shape index (κ1) is 15.5. The van der Waals surface area contributed by atoms with E-state index in [0.717, 1.165) is 0 Å². The fourth-order valence-corrected chi connectivity index (χ4v) is 1.99. The highest BCUT2D eigenvalue weighted by Gasteiger charge is 2.09. The Hall–Kier alpha value is -0.480. The molecule has 0 aromatic heterocycles. The Morgan fingerprint density at radius 3 is 1.88 bits per heavy atom. The van der Waals surface area contributed by atoms with Crippen LogP contribution < -0.4 is 5.32 Å². The number of hydrogen-bond acceptors (Lipinski definition) is 1. The van der Waals surface area contributed by atoms with E-state index in [-0.39, 0.29) is 6.04 Å². The lowest BCUT2D eigenvalue weighted by atomic mass is 10.0. The van der Waals surface area contributed by atoms with Crippen molar-refractivity contribution in [2.75, 3.05) is 0 Å². The van der Waals surface area contributed by atoms with E-state index >= 15 is 0 Å². The van der Waals surface area contributed by atoms with Gasteiger partial charge >= 0.3 is 0 Å². The first-order chi connectivity index (χ1) is 7.74. The zero-order valence-electron chi connectivity index (χ0n) is 11.4. The second-order valence-electron chi connectivity index (χ2n) is 4.74. The quantitative estimate of drug-likeness (QED) is 0.434. The highest BCUT2D eigenvalue weighted by molar-refractivity contribution is 4.97. The lowest BCUT2D eigenvalue weighted by molar-refractivity contribution is 0.407. The maximum absolute atomic E-state index is 5.42. The molecule has 0 aliphatic rings. The highest BCUT2D eigenvalue weighted by atomic mass is 14.9. The van der Waals surface area contributed by atoms with E-state index in [1.807, 2.05) is 0 Å². The van der Waals surface area contributed by atoms with Gasteiger partial charge in [-0.05, 0) is 19.8 Å². The van der Waals surface area contributed by atoms with E-state index < -0.39 is 0 Å². The lowest BCUT2D eigenvalue weighted by Gasteiger charge is -2.20. The SMILES string of the molecule is C#CC(C)NC(CCCCC)CCCCC. The Morgan fingerprint density at radius 2 is 1.50 bits per heavy atom. The number of unbranched alkanes of at least 4 members (excludes halogenated alkanes) is 4. The summed E-state index contributed by atoms with van der Waals surface area (Å²) >= 11 is 0. The Bertz CT molecular complexity index is 170. The van der Waals surface area contributed by atoms with Crippen LogP contribution in [0.2, 0.25) is 0 Å². The van der Waals surface area contributed by atoms with Crippen molar-refractivity contribution in [1.82, 2.24) is 5.32 Å². The summed E-state index contributed by atoms with van der Waals surface area (Å²) in [5.41, 5.74) is 0. The van der Waals surface area contributed by atoms with Crippen LogP contribution in [0, 0.1) is 12.3 Å². The molecule has 0 radical (unpaired) electrons. The third kappa shape index (κ3) is 8.80. The third-order valence-electron chi connectivity index (χ3n) is 3.05. The van der Waals surface area contributed by atoms with Crippen LogP contribution in [-0.4, -0.2) is 12.1 Å². The molecule has 0 aliphatic heterocycles. The summed E-state index contributed by atoms with van der Waals surface area (Å²) in [4.78, 5) is 0.